The third kappa shape index (κ3) is 2.54. The number of amides is 1. The first-order valence-corrected chi connectivity index (χ1v) is 7.20. The van der Waals surface area contributed by atoms with E-state index in [9.17, 15) is 9.18 Å². The number of oxazole rings is 1. The number of nitrogens with one attached hydrogen (secondary N) is 1. The zero-order valence-electron chi connectivity index (χ0n) is 12.3. The van der Waals surface area contributed by atoms with E-state index >= 15 is 0 Å². The number of aromatic nitrogens is 1. The molecule has 4 rings (SSSR count). The van der Waals surface area contributed by atoms with E-state index in [0.29, 0.717) is 28.2 Å². The predicted octanol–water partition coefficient (Wildman–Crippen LogP) is 4.48. The zero-order valence-corrected chi connectivity index (χ0v) is 12.3. The number of benzene rings is 2. The van der Waals surface area contributed by atoms with Gasteiger partial charge >= 0.3 is 0 Å². The molecule has 0 radical (unpaired) electrons. The molecule has 4 aromatic rings. The van der Waals surface area contributed by atoms with Crippen molar-refractivity contribution in [3.8, 4) is 11.5 Å². The van der Waals surface area contributed by atoms with Crippen LogP contribution in [0.25, 0.3) is 22.6 Å². The first-order chi connectivity index (χ1) is 11.7. The summed E-state index contributed by atoms with van der Waals surface area (Å²) in [7, 11) is 0. The molecule has 2 aromatic carbocycles. The van der Waals surface area contributed by atoms with Gasteiger partial charge in [-0.25, -0.2) is 9.37 Å². The van der Waals surface area contributed by atoms with Gasteiger partial charge in [0, 0.05) is 11.3 Å². The molecule has 2 aromatic heterocycles. The third-order valence-corrected chi connectivity index (χ3v) is 3.54. The monoisotopic (exact) mass is 322 g/mol. The molecular formula is C18H11FN2O3. The van der Waals surface area contributed by atoms with Crippen molar-refractivity contribution in [2.24, 2.45) is 0 Å². The van der Waals surface area contributed by atoms with Crippen LogP contribution < -0.4 is 5.32 Å². The standard InChI is InChI=1S/C18H11FN2O3/c19-14-2-1-3-15-16(14)24-18(21-15)11-4-6-13(7-5-11)20-17(22)12-8-9-23-10-12/h1-10H,(H,20,22). The van der Waals surface area contributed by atoms with Crippen LogP contribution in [0.1, 0.15) is 10.4 Å². The number of fused-ring (bicyclic) bond motifs is 1. The summed E-state index contributed by atoms with van der Waals surface area (Å²) in [5, 5.41) is 2.75. The van der Waals surface area contributed by atoms with Gasteiger partial charge in [-0.05, 0) is 42.5 Å². The summed E-state index contributed by atoms with van der Waals surface area (Å²) in [6.07, 6.45) is 2.81. The number of halogens is 1. The Labute approximate surface area is 135 Å². The Kier molecular flexibility index (Phi) is 3.35. The average molecular weight is 322 g/mol. The van der Waals surface area contributed by atoms with E-state index in [-0.39, 0.29) is 11.5 Å². The summed E-state index contributed by atoms with van der Waals surface area (Å²) in [6.45, 7) is 0. The SMILES string of the molecule is O=C(Nc1ccc(-c2nc3cccc(F)c3o2)cc1)c1ccoc1. The van der Waals surface area contributed by atoms with Crippen LogP contribution in [0.15, 0.2) is 69.9 Å². The van der Waals surface area contributed by atoms with Crippen molar-refractivity contribution < 1.29 is 18.0 Å². The molecule has 5 nitrogen and oxygen atoms in total. The van der Waals surface area contributed by atoms with Crippen molar-refractivity contribution in [3.05, 3.63) is 72.4 Å². The molecular weight excluding hydrogens is 311 g/mol. The summed E-state index contributed by atoms with van der Waals surface area (Å²) in [4.78, 5) is 16.2. The summed E-state index contributed by atoms with van der Waals surface area (Å²) in [6, 6.07) is 13.1. The summed E-state index contributed by atoms with van der Waals surface area (Å²) in [5.41, 5.74) is 2.33. The first kappa shape index (κ1) is 14.2. The highest BCUT2D eigenvalue weighted by Gasteiger charge is 2.12. The molecule has 2 heterocycles. The Morgan fingerprint density at radius 2 is 1.92 bits per heavy atom. The fourth-order valence-electron chi connectivity index (χ4n) is 2.33. The van der Waals surface area contributed by atoms with Crippen LogP contribution in [0.5, 0.6) is 0 Å². The van der Waals surface area contributed by atoms with Gasteiger partial charge in [0.2, 0.25) is 5.89 Å². The lowest BCUT2D eigenvalue weighted by atomic mass is 10.2. The van der Waals surface area contributed by atoms with Gasteiger partial charge in [-0.1, -0.05) is 6.07 Å². The number of hydrogen-bond donors (Lipinski definition) is 1. The molecule has 0 spiro atoms. The van der Waals surface area contributed by atoms with Crippen LogP contribution in [-0.4, -0.2) is 10.9 Å². The lowest BCUT2D eigenvalue weighted by Crippen LogP contribution is -2.10. The molecule has 1 amide bonds. The molecule has 0 aliphatic carbocycles. The maximum atomic E-state index is 13.7. The van der Waals surface area contributed by atoms with Gasteiger partial charge < -0.3 is 14.2 Å². The van der Waals surface area contributed by atoms with E-state index in [4.69, 9.17) is 8.83 Å². The second-order valence-electron chi connectivity index (χ2n) is 5.15. The fourth-order valence-corrected chi connectivity index (χ4v) is 2.33. The Morgan fingerprint density at radius 1 is 1.08 bits per heavy atom. The van der Waals surface area contributed by atoms with Crippen molar-refractivity contribution in [1.29, 1.82) is 0 Å². The smallest absolute Gasteiger partial charge is 0.258 e. The van der Waals surface area contributed by atoms with Crippen molar-refractivity contribution in [2.75, 3.05) is 5.32 Å². The van der Waals surface area contributed by atoms with Crippen LogP contribution >= 0.6 is 0 Å². The number of rotatable bonds is 3. The summed E-state index contributed by atoms with van der Waals surface area (Å²) >= 11 is 0. The van der Waals surface area contributed by atoms with E-state index in [0.717, 1.165) is 0 Å². The Morgan fingerprint density at radius 3 is 2.62 bits per heavy atom. The lowest BCUT2D eigenvalue weighted by Gasteiger charge is -2.03. The number of anilines is 1. The number of carbonyl (C=O) groups is 1. The number of nitrogens with zero attached hydrogens (tertiary/aromatic N) is 1. The van der Waals surface area contributed by atoms with Gasteiger partial charge in [0.15, 0.2) is 11.4 Å². The minimum absolute atomic E-state index is 0.129. The van der Waals surface area contributed by atoms with Crippen molar-refractivity contribution in [1.82, 2.24) is 4.98 Å². The second-order valence-corrected chi connectivity index (χ2v) is 5.15. The van der Waals surface area contributed by atoms with Gasteiger partial charge in [-0.15, -0.1) is 0 Å². The van der Waals surface area contributed by atoms with E-state index in [1.54, 1.807) is 42.5 Å². The largest absolute Gasteiger partial charge is 0.472 e. The Balaban J connectivity index is 1.58. The Hall–Kier alpha value is -3.41. The highest BCUT2D eigenvalue weighted by molar-refractivity contribution is 6.04. The van der Waals surface area contributed by atoms with Crippen LogP contribution in [-0.2, 0) is 0 Å². The molecule has 0 bridgehead atoms. The van der Waals surface area contributed by atoms with E-state index in [2.05, 4.69) is 10.3 Å². The van der Waals surface area contributed by atoms with E-state index in [1.165, 1.54) is 18.6 Å². The van der Waals surface area contributed by atoms with Crippen molar-refractivity contribution in [3.63, 3.8) is 0 Å². The number of hydrogen-bond acceptors (Lipinski definition) is 4. The van der Waals surface area contributed by atoms with Gasteiger partial charge in [-0.3, -0.25) is 4.79 Å². The molecule has 0 aliphatic rings. The molecule has 6 heteroatoms. The number of para-hydroxylation sites is 1. The molecule has 24 heavy (non-hydrogen) atoms. The van der Waals surface area contributed by atoms with E-state index in [1.807, 2.05) is 0 Å². The fraction of sp³-hybridized carbons (Fsp3) is 0. The minimum atomic E-state index is -0.449. The van der Waals surface area contributed by atoms with Crippen molar-refractivity contribution in [2.45, 2.75) is 0 Å². The van der Waals surface area contributed by atoms with Gasteiger partial charge in [0.25, 0.3) is 5.91 Å². The maximum Gasteiger partial charge on any atom is 0.258 e. The summed E-state index contributed by atoms with van der Waals surface area (Å²) in [5.74, 6) is -0.390. The highest BCUT2D eigenvalue weighted by atomic mass is 19.1. The third-order valence-electron chi connectivity index (χ3n) is 3.54. The second kappa shape index (κ2) is 5.66. The number of carbonyl (C=O) groups excluding carboxylic acids is 1. The van der Waals surface area contributed by atoms with Crippen LogP contribution in [0.4, 0.5) is 10.1 Å². The topological polar surface area (TPSA) is 68.3 Å². The molecule has 0 saturated heterocycles. The van der Waals surface area contributed by atoms with Crippen LogP contribution in [0.2, 0.25) is 0 Å². The minimum Gasteiger partial charge on any atom is -0.472 e. The van der Waals surface area contributed by atoms with Gasteiger partial charge in [0.1, 0.15) is 11.8 Å². The number of furan rings is 1. The lowest BCUT2D eigenvalue weighted by molar-refractivity contribution is 0.102. The highest BCUT2D eigenvalue weighted by Crippen LogP contribution is 2.26. The molecule has 0 unspecified atom stereocenters. The first-order valence-electron chi connectivity index (χ1n) is 7.20. The van der Waals surface area contributed by atoms with Crippen molar-refractivity contribution >= 4 is 22.7 Å². The molecule has 0 aliphatic heterocycles. The van der Waals surface area contributed by atoms with Crippen LogP contribution in [0.3, 0.4) is 0 Å². The summed E-state index contributed by atoms with van der Waals surface area (Å²) < 4.78 is 24.0. The average Bonchev–Trinajstić information content (AvgIpc) is 3.26. The molecule has 118 valence electrons. The molecule has 1 N–H and O–H groups in total. The zero-order chi connectivity index (χ0) is 16.5. The quantitative estimate of drug-likeness (QED) is 0.604. The Bertz CT molecular complexity index is 1000. The van der Waals surface area contributed by atoms with Gasteiger partial charge in [0.05, 0.1) is 11.8 Å². The normalized spacial score (nSPS) is 10.9. The molecule has 0 saturated carbocycles. The molecule has 0 atom stereocenters. The predicted molar refractivity (Wildman–Crippen MR) is 86.1 cm³/mol. The van der Waals surface area contributed by atoms with Gasteiger partial charge in [-0.2, -0.15) is 0 Å². The van der Waals surface area contributed by atoms with Crippen LogP contribution in [0, 0.1) is 5.82 Å². The van der Waals surface area contributed by atoms with E-state index < -0.39 is 5.82 Å². The maximum absolute atomic E-state index is 13.7. The molecule has 0 fully saturated rings.